The van der Waals surface area contributed by atoms with Crippen LogP contribution in [-0.2, 0) is 14.6 Å². The predicted molar refractivity (Wildman–Crippen MR) is 93.5 cm³/mol. The second kappa shape index (κ2) is 12.1. The van der Waals surface area contributed by atoms with Crippen molar-refractivity contribution in [3.8, 4) is 5.75 Å². The molecule has 0 bridgehead atoms. The number of amides is 1. The Morgan fingerprint density at radius 3 is 2.28 bits per heavy atom. The van der Waals surface area contributed by atoms with Crippen LogP contribution in [0.4, 0.5) is 11.4 Å². The number of ether oxygens (including phenoxy) is 1. The zero-order valence-electron chi connectivity index (χ0n) is 14.4. The molecule has 0 aliphatic rings. The maximum Gasteiger partial charge on any atom is 0.303 e. The summed E-state index contributed by atoms with van der Waals surface area (Å²) in [4.78, 5) is 26.3. The van der Waals surface area contributed by atoms with Gasteiger partial charge in [-0.15, -0.1) is 4.99 Å². The van der Waals surface area contributed by atoms with E-state index in [9.17, 15) is 9.59 Å². The molecule has 140 valence electrons. The van der Waals surface area contributed by atoms with Crippen molar-refractivity contribution in [1.82, 2.24) is 0 Å². The normalized spacial score (nSPS) is 10.3. The largest absolute Gasteiger partial charge is 0.495 e. The molecule has 0 aromatic heterocycles. The van der Waals surface area contributed by atoms with Gasteiger partial charge in [-0.05, 0) is 31.0 Å². The van der Waals surface area contributed by atoms with E-state index < -0.39 is 5.97 Å². The van der Waals surface area contributed by atoms with Crippen LogP contribution in [0.25, 0.3) is 0 Å². The van der Waals surface area contributed by atoms with Crippen molar-refractivity contribution >= 4 is 23.3 Å². The number of carboxylic acid groups (broad SMARTS) is 1. The van der Waals surface area contributed by atoms with Crippen molar-refractivity contribution in [3.63, 3.8) is 0 Å². The summed E-state index contributed by atoms with van der Waals surface area (Å²) in [5.74, 6) is -0.363. The van der Waals surface area contributed by atoms with E-state index >= 15 is 0 Å². The van der Waals surface area contributed by atoms with Crippen LogP contribution in [0.2, 0.25) is 0 Å². The van der Waals surface area contributed by atoms with E-state index in [1.807, 2.05) is 0 Å². The van der Waals surface area contributed by atoms with Crippen molar-refractivity contribution in [3.05, 3.63) is 18.2 Å². The summed E-state index contributed by atoms with van der Waals surface area (Å²) in [7, 11) is 1.50. The molecule has 0 saturated heterocycles. The highest BCUT2D eigenvalue weighted by atomic mass is 17.2. The summed E-state index contributed by atoms with van der Waals surface area (Å²) in [5.41, 5.74) is 3.23. The second-order valence-electron chi connectivity index (χ2n) is 5.67. The van der Waals surface area contributed by atoms with Crippen molar-refractivity contribution in [2.45, 2.75) is 51.4 Å². The lowest BCUT2D eigenvalue weighted by molar-refractivity contribution is -0.215. The molecule has 25 heavy (non-hydrogen) atoms. The third-order valence-electron chi connectivity index (χ3n) is 3.68. The summed E-state index contributed by atoms with van der Waals surface area (Å²) in [5, 5.41) is 19.7. The summed E-state index contributed by atoms with van der Waals surface area (Å²) < 4.78 is 5.19. The highest BCUT2D eigenvalue weighted by Gasteiger charge is 2.09. The van der Waals surface area contributed by atoms with Crippen LogP contribution >= 0.6 is 0 Å². The Labute approximate surface area is 147 Å². The third kappa shape index (κ3) is 8.92. The fourth-order valence-corrected chi connectivity index (χ4v) is 2.40. The van der Waals surface area contributed by atoms with E-state index in [0.717, 1.165) is 32.1 Å². The number of unbranched alkanes of at least 4 members (excludes halogenated alkanes) is 5. The minimum atomic E-state index is -0.753. The van der Waals surface area contributed by atoms with Crippen LogP contribution in [0.5, 0.6) is 5.75 Å². The average Bonchev–Trinajstić information content (AvgIpc) is 2.57. The van der Waals surface area contributed by atoms with Gasteiger partial charge in [0, 0.05) is 12.8 Å². The van der Waals surface area contributed by atoms with Gasteiger partial charge < -0.3 is 15.2 Å². The van der Waals surface area contributed by atoms with Crippen LogP contribution in [0, 0.1) is 0 Å². The fourth-order valence-electron chi connectivity index (χ4n) is 2.40. The van der Waals surface area contributed by atoms with E-state index in [1.165, 1.54) is 7.11 Å². The zero-order chi connectivity index (χ0) is 18.5. The van der Waals surface area contributed by atoms with Gasteiger partial charge in [-0.3, -0.25) is 9.59 Å². The number of aliphatic carboxylic acids is 1. The molecule has 0 saturated carbocycles. The van der Waals surface area contributed by atoms with Gasteiger partial charge in [0.05, 0.1) is 18.5 Å². The first-order chi connectivity index (χ1) is 12.1. The molecular formula is C17H26N2O6. The number of nitrogens with one attached hydrogen (secondary N) is 2. The lowest BCUT2D eigenvalue weighted by Crippen LogP contribution is -2.12. The Hall–Kier alpha value is -2.32. The minimum Gasteiger partial charge on any atom is -0.495 e. The first kappa shape index (κ1) is 20.7. The maximum absolute atomic E-state index is 12.0. The number of hydrogen-bond acceptors (Lipinski definition) is 6. The summed E-state index contributed by atoms with van der Waals surface area (Å²) in [6, 6.07) is 4.87. The molecule has 1 aromatic carbocycles. The SMILES string of the molecule is COc1ccc(NOO)cc1NC(=O)CCCCCCCCC(=O)O. The predicted octanol–water partition coefficient (Wildman–Crippen LogP) is 3.66. The van der Waals surface area contributed by atoms with Crippen LogP contribution in [-0.4, -0.2) is 29.4 Å². The third-order valence-corrected chi connectivity index (χ3v) is 3.68. The molecule has 8 nitrogen and oxygen atoms in total. The molecule has 8 heteroatoms. The Morgan fingerprint density at radius 2 is 1.68 bits per heavy atom. The molecule has 0 radical (unpaired) electrons. The van der Waals surface area contributed by atoms with E-state index in [0.29, 0.717) is 30.0 Å². The molecule has 4 N–H and O–H groups in total. The molecule has 1 amide bonds. The second-order valence-corrected chi connectivity index (χ2v) is 5.67. The molecule has 0 aliphatic heterocycles. The highest BCUT2D eigenvalue weighted by Crippen LogP contribution is 2.28. The van der Waals surface area contributed by atoms with Crippen LogP contribution in [0.3, 0.4) is 0 Å². The summed E-state index contributed by atoms with van der Waals surface area (Å²) >= 11 is 0. The number of carbonyl (C=O) groups excluding carboxylic acids is 1. The van der Waals surface area contributed by atoms with Crippen molar-refractivity contribution in [1.29, 1.82) is 0 Å². The number of anilines is 2. The van der Waals surface area contributed by atoms with Crippen LogP contribution in [0.15, 0.2) is 18.2 Å². The number of rotatable bonds is 13. The number of hydrogen-bond donors (Lipinski definition) is 4. The monoisotopic (exact) mass is 354 g/mol. The zero-order valence-corrected chi connectivity index (χ0v) is 14.4. The molecule has 0 unspecified atom stereocenters. The van der Waals surface area contributed by atoms with Crippen molar-refractivity contribution in [2.24, 2.45) is 0 Å². The van der Waals surface area contributed by atoms with Gasteiger partial charge >= 0.3 is 5.97 Å². The molecule has 0 spiro atoms. The fraction of sp³-hybridized carbons (Fsp3) is 0.529. The van der Waals surface area contributed by atoms with E-state index in [-0.39, 0.29) is 12.3 Å². The van der Waals surface area contributed by atoms with E-state index in [2.05, 4.69) is 15.8 Å². The maximum atomic E-state index is 12.0. The molecule has 0 fully saturated rings. The van der Waals surface area contributed by atoms with Crippen LogP contribution in [0.1, 0.15) is 51.4 Å². The average molecular weight is 354 g/mol. The number of carboxylic acids is 1. The molecule has 1 rings (SSSR count). The van der Waals surface area contributed by atoms with Gasteiger partial charge in [0.1, 0.15) is 5.75 Å². The molecule has 0 aliphatic carbocycles. The quantitative estimate of drug-likeness (QED) is 0.243. The van der Waals surface area contributed by atoms with E-state index in [4.69, 9.17) is 15.1 Å². The topological polar surface area (TPSA) is 117 Å². The van der Waals surface area contributed by atoms with Crippen molar-refractivity contribution < 1.29 is 29.7 Å². The van der Waals surface area contributed by atoms with Gasteiger partial charge in [-0.2, -0.15) is 0 Å². The lowest BCUT2D eigenvalue weighted by Gasteiger charge is -2.12. The number of methoxy groups -OCH3 is 1. The Kier molecular flexibility index (Phi) is 10.0. The van der Waals surface area contributed by atoms with Gasteiger partial charge in [-0.25, -0.2) is 10.7 Å². The molecule has 0 atom stereocenters. The first-order valence-electron chi connectivity index (χ1n) is 8.33. The van der Waals surface area contributed by atoms with Gasteiger partial charge in [-0.1, -0.05) is 25.7 Å². The Bertz CT molecular complexity index is 550. The standard InChI is InChI=1S/C17H26N2O6/c1-24-15-11-10-13(19-25-23)12-14(15)18-16(20)8-6-4-2-3-5-7-9-17(21)22/h10-12,19,23H,2-9H2,1H3,(H,18,20)(H,21,22). The summed E-state index contributed by atoms with van der Waals surface area (Å²) in [6.45, 7) is 0. The van der Waals surface area contributed by atoms with Gasteiger partial charge in [0.25, 0.3) is 0 Å². The van der Waals surface area contributed by atoms with E-state index in [1.54, 1.807) is 18.2 Å². The molecule has 0 heterocycles. The Balaban J connectivity index is 2.27. The molecular weight excluding hydrogens is 328 g/mol. The molecule has 1 aromatic rings. The summed E-state index contributed by atoms with van der Waals surface area (Å²) in [6.07, 6.45) is 5.90. The number of benzene rings is 1. The first-order valence-corrected chi connectivity index (χ1v) is 8.33. The smallest absolute Gasteiger partial charge is 0.303 e. The minimum absolute atomic E-state index is 0.119. The Morgan fingerprint density at radius 1 is 1.04 bits per heavy atom. The van der Waals surface area contributed by atoms with Gasteiger partial charge in [0.2, 0.25) is 5.91 Å². The highest BCUT2D eigenvalue weighted by molar-refractivity contribution is 5.92. The van der Waals surface area contributed by atoms with Crippen molar-refractivity contribution in [2.75, 3.05) is 17.9 Å². The van der Waals surface area contributed by atoms with Crippen LogP contribution < -0.4 is 15.5 Å². The number of carbonyl (C=O) groups is 2. The van der Waals surface area contributed by atoms with Gasteiger partial charge in [0.15, 0.2) is 0 Å². The lowest BCUT2D eigenvalue weighted by atomic mass is 10.1.